The SMILES string of the molecule is CC(N=C([O-])CN(Cc1ccccn1)Cc1ccccn1)c1ccccn1.[Fe+3].[N-]=O.[O-][Cl+3]([O-])([O-])[O-]. The fourth-order valence-corrected chi connectivity index (χ4v) is 2.75. The number of hydrogen-bond acceptors (Lipinski definition) is 11. The average Bonchev–Trinajstić information content (AvgIpc) is 2.81. The normalized spacial score (nSPS) is 11.8. The Labute approximate surface area is 215 Å². The monoisotopic (exact) mass is 545 g/mol. The molecule has 1 radical (unpaired) electrons. The Hall–Kier alpha value is -2.87. The van der Waals surface area contributed by atoms with Crippen LogP contribution in [-0.2, 0) is 30.2 Å². The van der Waals surface area contributed by atoms with E-state index in [0.717, 1.165) is 17.1 Å². The maximum Gasteiger partial charge on any atom is 3.00 e. The van der Waals surface area contributed by atoms with Crippen molar-refractivity contribution in [3.05, 3.63) is 101 Å². The quantitative estimate of drug-likeness (QED) is 0.172. The van der Waals surface area contributed by atoms with E-state index in [4.69, 9.17) is 29.1 Å². The summed E-state index contributed by atoms with van der Waals surface area (Å²) in [5, 5.41) is 12.5. The van der Waals surface area contributed by atoms with Crippen LogP contribution in [0.2, 0.25) is 0 Å². The molecule has 35 heavy (non-hydrogen) atoms. The largest absolute Gasteiger partial charge is 3.00 e. The van der Waals surface area contributed by atoms with Gasteiger partial charge in [0.05, 0.1) is 23.1 Å². The average molecular weight is 546 g/mol. The minimum atomic E-state index is -4.94. The fourth-order valence-electron chi connectivity index (χ4n) is 2.75. The molecule has 0 aliphatic carbocycles. The van der Waals surface area contributed by atoms with E-state index >= 15 is 0 Å². The Balaban J connectivity index is 0.00000129. The number of rotatable bonds is 8. The predicted molar refractivity (Wildman–Crippen MR) is 109 cm³/mol. The molecular formula is C21H22ClFeN6O6. The maximum absolute atomic E-state index is 12.5. The molecule has 0 aliphatic heterocycles. The van der Waals surface area contributed by atoms with Crippen molar-refractivity contribution in [1.29, 1.82) is 0 Å². The topological polar surface area (TPSA) is 209 Å². The first-order valence-electron chi connectivity index (χ1n) is 9.67. The van der Waals surface area contributed by atoms with Gasteiger partial charge in [0.25, 0.3) is 0 Å². The van der Waals surface area contributed by atoms with Gasteiger partial charge < -0.3 is 15.6 Å². The predicted octanol–water partition coefficient (Wildman–Crippen LogP) is -2.04. The molecule has 0 aliphatic rings. The first-order valence-corrected chi connectivity index (χ1v) is 10.9. The van der Waals surface area contributed by atoms with Gasteiger partial charge in [-0.15, -0.1) is 10.2 Å². The molecule has 187 valence electrons. The minimum Gasteiger partial charge on any atom is -0.861 e. The molecule has 0 bridgehead atoms. The molecular weight excluding hydrogens is 524 g/mol. The Morgan fingerprint density at radius 3 is 1.69 bits per heavy atom. The number of pyridine rings is 3. The summed E-state index contributed by atoms with van der Waals surface area (Å²) in [6, 6.07) is 16.9. The van der Waals surface area contributed by atoms with E-state index in [2.05, 4.69) is 19.9 Å². The molecule has 0 amide bonds. The van der Waals surface area contributed by atoms with Crippen LogP contribution in [0.3, 0.4) is 0 Å². The van der Waals surface area contributed by atoms with Gasteiger partial charge in [-0.2, -0.15) is 0 Å². The molecule has 0 aromatic carbocycles. The van der Waals surface area contributed by atoms with Gasteiger partial charge in [-0.05, 0) is 49.2 Å². The molecule has 0 spiro atoms. The fraction of sp³-hybridized carbons (Fsp3) is 0.238. The van der Waals surface area contributed by atoms with Crippen LogP contribution in [0.25, 0.3) is 5.59 Å². The maximum atomic E-state index is 12.5. The molecule has 3 aromatic heterocycles. The van der Waals surface area contributed by atoms with Gasteiger partial charge in [0, 0.05) is 38.2 Å². The first kappa shape index (κ1) is 32.1. The van der Waals surface area contributed by atoms with Gasteiger partial charge >= 0.3 is 17.1 Å². The van der Waals surface area contributed by atoms with E-state index in [9.17, 15) is 5.11 Å². The number of aromatic nitrogens is 3. The molecule has 3 rings (SSSR count). The van der Waals surface area contributed by atoms with Gasteiger partial charge in [-0.3, -0.25) is 24.8 Å². The summed E-state index contributed by atoms with van der Waals surface area (Å²) in [5.41, 5.74) is 8.34. The molecule has 3 aromatic rings. The van der Waals surface area contributed by atoms with Crippen molar-refractivity contribution in [2.75, 3.05) is 6.54 Å². The Morgan fingerprint density at radius 2 is 1.31 bits per heavy atom. The minimum absolute atomic E-state index is 0. The van der Waals surface area contributed by atoms with Crippen molar-refractivity contribution < 1.29 is 51.1 Å². The summed E-state index contributed by atoms with van der Waals surface area (Å²) in [7, 11) is -4.94. The molecule has 1 atom stereocenters. The summed E-state index contributed by atoms with van der Waals surface area (Å²) in [5.74, 6) is -0.181. The molecule has 0 saturated carbocycles. The number of hydrogen-bond donors (Lipinski definition) is 0. The van der Waals surface area contributed by atoms with Crippen molar-refractivity contribution in [3.63, 3.8) is 0 Å². The van der Waals surface area contributed by atoms with Crippen molar-refractivity contribution in [2.45, 2.75) is 26.1 Å². The van der Waals surface area contributed by atoms with E-state index in [0.29, 0.717) is 13.1 Å². The zero-order valence-corrected chi connectivity index (χ0v) is 20.4. The zero-order chi connectivity index (χ0) is 25.4. The van der Waals surface area contributed by atoms with E-state index in [1.165, 1.54) is 0 Å². The van der Waals surface area contributed by atoms with E-state index in [1.807, 2.05) is 66.4 Å². The van der Waals surface area contributed by atoms with Gasteiger partial charge in [-0.25, -0.2) is 18.6 Å². The first-order chi connectivity index (χ1) is 16.2. The Morgan fingerprint density at radius 1 is 0.886 bits per heavy atom. The summed E-state index contributed by atoms with van der Waals surface area (Å²) >= 11 is 0. The van der Waals surface area contributed by atoms with Crippen LogP contribution in [0.1, 0.15) is 30.0 Å². The Kier molecular flexibility index (Phi) is 16.1. The standard InChI is InChI=1S/C21H23N5O.ClHO4.Fe.NO/c1-17(20-10-4-7-13-24-20)25-21(27)16-26(14-18-8-2-5-11-22-18)15-19-9-3-6-12-23-19;2-1(3,4)5;;1-2/h2-13,17H,14-16H2,1H3,(H,25,27);(H,2,3,4,5);;/q;;+3;-1/p-2. The van der Waals surface area contributed by atoms with Gasteiger partial charge in [0.15, 0.2) is 0 Å². The number of nitrogens with zero attached hydrogens (tertiary/aromatic N) is 6. The van der Waals surface area contributed by atoms with Gasteiger partial charge in [0.2, 0.25) is 0 Å². The second-order valence-electron chi connectivity index (χ2n) is 6.62. The molecule has 12 nitrogen and oxygen atoms in total. The number of halogens is 1. The van der Waals surface area contributed by atoms with Crippen LogP contribution in [0.15, 0.2) is 78.2 Å². The van der Waals surface area contributed by atoms with Crippen molar-refractivity contribution in [2.24, 2.45) is 4.99 Å². The summed E-state index contributed by atoms with van der Waals surface area (Å²) in [4.78, 5) is 26.5. The van der Waals surface area contributed by atoms with E-state index in [-0.39, 0.29) is 35.6 Å². The Bertz CT molecular complexity index is 923. The third-order valence-electron chi connectivity index (χ3n) is 4.04. The van der Waals surface area contributed by atoms with Crippen molar-refractivity contribution in [1.82, 2.24) is 19.9 Å². The summed E-state index contributed by atoms with van der Waals surface area (Å²) in [6.45, 7) is 3.18. The van der Waals surface area contributed by atoms with Gasteiger partial charge in [0.1, 0.15) is 0 Å². The molecule has 0 fully saturated rings. The summed E-state index contributed by atoms with van der Waals surface area (Å²) < 4.78 is 34.0. The van der Waals surface area contributed by atoms with Crippen LogP contribution in [0.5, 0.6) is 0 Å². The third-order valence-corrected chi connectivity index (χ3v) is 4.04. The second-order valence-corrected chi connectivity index (χ2v) is 7.37. The second kappa shape index (κ2) is 17.5. The van der Waals surface area contributed by atoms with Crippen molar-refractivity contribution in [3.8, 4) is 0 Å². The number of nitroso groups, excluding NO2 is 1. The van der Waals surface area contributed by atoms with E-state index in [1.54, 1.807) is 18.6 Å². The number of aliphatic imine (C=N–C) groups is 1. The van der Waals surface area contributed by atoms with Crippen LogP contribution in [0, 0.1) is 15.2 Å². The molecule has 0 saturated heterocycles. The van der Waals surface area contributed by atoms with Crippen LogP contribution in [0.4, 0.5) is 0 Å². The van der Waals surface area contributed by atoms with Crippen LogP contribution >= 0.6 is 0 Å². The van der Waals surface area contributed by atoms with Crippen LogP contribution < -0.4 is 23.7 Å². The van der Waals surface area contributed by atoms with Crippen LogP contribution in [-0.4, -0.2) is 32.3 Å². The molecule has 0 N–H and O–H groups in total. The summed E-state index contributed by atoms with van der Waals surface area (Å²) in [6.07, 6.45) is 5.22. The third kappa shape index (κ3) is 15.6. The molecule has 3 heterocycles. The molecule has 1 unspecified atom stereocenters. The van der Waals surface area contributed by atoms with Gasteiger partial charge in [-0.1, -0.05) is 18.2 Å². The zero-order valence-electron chi connectivity index (χ0n) is 18.5. The van der Waals surface area contributed by atoms with Crippen molar-refractivity contribution >= 4 is 5.90 Å². The molecule has 14 heteroatoms. The smallest absolute Gasteiger partial charge is 0.861 e. The van der Waals surface area contributed by atoms with E-state index < -0.39 is 10.2 Å².